The zero-order valence-corrected chi connectivity index (χ0v) is 8.36. The fraction of sp³-hybridized carbons (Fsp3) is 0.222. The van der Waals surface area contributed by atoms with Crippen LogP contribution >= 0.6 is 12.2 Å². The Hall–Kier alpha value is -1.16. The summed E-state index contributed by atoms with van der Waals surface area (Å²) in [4.78, 5) is 1.86. The Kier molecular flexibility index (Phi) is 2.83. The van der Waals surface area contributed by atoms with Crippen LogP contribution in [0.25, 0.3) is 0 Å². The first-order chi connectivity index (χ1) is 6.04. The molecule has 0 aromatic heterocycles. The summed E-state index contributed by atoms with van der Waals surface area (Å²) >= 11 is 4.77. The number of thiocarbonyl (C=S) groups is 1. The van der Waals surface area contributed by atoms with E-state index in [1.54, 1.807) is 17.0 Å². The van der Waals surface area contributed by atoms with Crippen molar-refractivity contribution in [1.29, 1.82) is 0 Å². The van der Waals surface area contributed by atoms with Crippen LogP contribution in [-0.4, -0.2) is 19.1 Å². The van der Waals surface area contributed by atoms with Crippen LogP contribution in [0.3, 0.4) is 0 Å². The smallest absolute Gasteiger partial charge is 0.135 e. The van der Waals surface area contributed by atoms with E-state index in [9.17, 15) is 4.39 Å². The molecule has 1 aromatic rings. The van der Waals surface area contributed by atoms with Crippen molar-refractivity contribution in [3.8, 4) is 0 Å². The number of nitrogens with zero attached hydrogens (tertiary/aromatic N) is 1. The topological polar surface area (TPSA) is 29.3 Å². The van der Waals surface area contributed by atoms with Gasteiger partial charge in [-0.25, -0.2) is 4.39 Å². The minimum atomic E-state index is -0.376. The maximum absolute atomic E-state index is 13.3. The van der Waals surface area contributed by atoms with Crippen LogP contribution in [0.15, 0.2) is 18.2 Å². The van der Waals surface area contributed by atoms with E-state index in [-0.39, 0.29) is 10.8 Å². The summed E-state index contributed by atoms with van der Waals surface area (Å²) < 4.78 is 13.3. The predicted molar refractivity (Wildman–Crippen MR) is 56.6 cm³/mol. The van der Waals surface area contributed by atoms with E-state index in [0.717, 1.165) is 0 Å². The van der Waals surface area contributed by atoms with E-state index in [4.69, 9.17) is 18.0 Å². The third-order valence-corrected chi connectivity index (χ3v) is 1.92. The first-order valence-electron chi connectivity index (χ1n) is 3.79. The maximum Gasteiger partial charge on any atom is 0.135 e. The second-order valence-electron chi connectivity index (χ2n) is 2.89. The molecule has 0 amide bonds. The van der Waals surface area contributed by atoms with E-state index in [2.05, 4.69) is 0 Å². The van der Waals surface area contributed by atoms with Crippen molar-refractivity contribution in [3.63, 3.8) is 0 Å². The van der Waals surface area contributed by atoms with Crippen molar-refractivity contribution in [2.75, 3.05) is 19.0 Å². The molecule has 1 rings (SSSR count). The minimum Gasteiger partial charge on any atom is -0.389 e. The van der Waals surface area contributed by atoms with Crippen LogP contribution in [0.1, 0.15) is 5.56 Å². The summed E-state index contributed by atoms with van der Waals surface area (Å²) in [6.07, 6.45) is 0. The molecule has 2 nitrogen and oxygen atoms in total. The lowest BCUT2D eigenvalue weighted by molar-refractivity contribution is 0.625. The Morgan fingerprint density at radius 1 is 1.46 bits per heavy atom. The largest absolute Gasteiger partial charge is 0.389 e. The minimum absolute atomic E-state index is 0.0850. The number of halogens is 1. The third-order valence-electron chi connectivity index (χ3n) is 1.72. The standard InChI is InChI=1S/C9H11FN2S/c1-12(2)7-5-3-4-6(10)8(7)9(11)13/h3-5H,1-2H3,(H2,11,13). The molecule has 0 heterocycles. The highest BCUT2D eigenvalue weighted by molar-refractivity contribution is 7.80. The van der Waals surface area contributed by atoms with Gasteiger partial charge in [0.15, 0.2) is 0 Å². The van der Waals surface area contributed by atoms with Gasteiger partial charge in [0.05, 0.1) is 5.56 Å². The molecule has 4 heteroatoms. The van der Waals surface area contributed by atoms with Crippen LogP contribution in [-0.2, 0) is 0 Å². The summed E-state index contributed by atoms with van der Waals surface area (Å²) in [5.74, 6) is -0.376. The number of rotatable bonds is 2. The van der Waals surface area contributed by atoms with Crippen molar-refractivity contribution in [1.82, 2.24) is 0 Å². The lowest BCUT2D eigenvalue weighted by Crippen LogP contribution is -2.19. The van der Waals surface area contributed by atoms with Crippen molar-refractivity contribution in [2.24, 2.45) is 5.73 Å². The maximum atomic E-state index is 13.3. The fourth-order valence-electron chi connectivity index (χ4n) is 1.13. The molecule has 0 radical (unpaired) electrons. The Morgan fingerprint density at radius 3 is 2.46 bits per heavy atom. The Bertz CT molecular complexity index is 336. The van der Waals surface area contributed by atoms with E-state index in [1.807, 2.05) is 14.1 Å². The van der Waals surface area contributed by atoms with Crippen LogP contribution < -0.4 is 10.6 Å². The monoisotopic (exact) mass is 198 g/mol. The molecule has 0 bridgehead atoms. The normalized spacial score (nSPS) is 9.77. The van der Waals surface area contributed by atoms with Crippen LogP contribution in [0.4, 0.5) is 10.1 Å². The molecular formula is C9H11FN2S. The highest BCUT2D eigenvalue weighted by atomic mass is 32.1. The molecule has 0 fully saturated rings. The highest BCUT2D eigenvalue weighted by Crippen LogP contribution is 2.20. The Balaban J connectivity index is 3.34. The van der Waals surface area contributed by atoms with E-state index in [0.29, 0.717) is 11.3 Å². The summed E-state index contributed by atoms with van der Waals surface area (Å²) in [7, 11) is 3.63. The first-order valence-corrected chi connectivity index (χ1v) is 4.20. The lowest BCUT2D eigenvalue weighted by atomic mass is 10.1. The first kappa shape index (κ1) is 9.92. The molecule has 13 heavy (non-hydrogen) atoms. The van der Waals surface area contributed by atoms with Gasteiger partial charge in [0.1, 0.15) is 10.8 Å². The molecule has 0 saturated carbocycles. The van der Waals surface area contributed by atoms with Gasteiger partial charge in [0, 0.05) is 19.8 Å². The third kappa shape index (κ3) is 1.95. The SMILES string of the molecule is CN(C)c1cccc(F)c1C(N)=S. The zero-order chi connectivity index (χ0) is 10.0. The molecule has 0 aliphatic heterocycles. The van der Waals surface area contributed by atoms with Gasteiger partial charge in [-0.2, -0.15) is 0 Å². The fourth-order valence-corrected chi connectivity index (χ4v) is 1.33. The molecule has 1 aromatic carbocycles. The van der Waals surface area contributed by atoms with Crippen molar-refractivity contribution in [2.45, 2.75) is 0 Å². The highest BCUT2D eigenvalue weighted by Gasteiger charge is 2.11. The molecule has 70 valence electrons. The van der Waals surface area contributed by atoms with Gasteiger partial charge < -0.3 is 10.6 Å². The summed E-state index contributed by atoms with van der Waals surface area (Å²) in [5, 5.41) is 0. The molecule has 2 N–H and O–H groups in total. The Morgan fingerprint density at radius 2 is 2.08 bits per heavy atom. The predicted octanol–water partition coefficient (Wildman–Crippen LogP) is 1.53. The second kappa shape index (κ2) is 3.70. The van der Waals surface area contributed by atoms with Gasteiger partial charge in [-0.3, -0.25) is 0 Å². The van der Waals surface area contributed by atoms with Crippen LogP contribution in [0, 0.1) is 5.82 Å². The van der Waals surface area contributed by atoms with Crippen molar-refractivity contribution >= 4 is 22.9 Å². The zero-order valence-electron chi connectivity index (χ0n) is 7.54. The summed E-state index contributed by atoms with van der Waals surface area (Å²) in [6, 6.07) is 4.76. The number of hydrogen-bond acceptors (Lipinski definition) is 2. The molecular weight excluding hydrogens is 187 g/mol. The van der Waals surface area contributed by atoms with Crippen molar-refractivity contribution in [3.05, 3.63) is 29.6 Å². The van der Waals surface area contributed by atoms with Crippen LogP contribution in [0.2, 0.25) is 0 Å². The number of anilines is 1. The summed E-state index contributed by atoms with van der Waals surface area (Å²) in [5.41, 5.74) is 6.43. The molecule has 0 aliphatic rings. The summed E-state index contributed by atoms with van der Waals surface area (Å²) in [6.45, 7) is 0. The van der Waals surface area contributed by atoms with E-state index in [1.165, 1.54) is 6.07 Å². The van der Waals surface area contributed by atoms with Gasteiger partial charge in [-0.1, -0.05) is 18.3 Å². The van der Waals surface area contributed by atoms with E-state index < -0.39 is 0 Å². The molecule has 0 spiro atoms. The van der Waals surface area contributed by atoms with Gasteiger partial charge in [-0.05, 0) is 12.1 Å². The second-order valence-corrected chi connectivity index (χ2v) is 3.33. The average Bonchev–Trinajstić information content (AvgIpc) is 2.02. The van der Waals surface area contributed by atoms with Gasteiger partial charge in [-0.15, -0.1) is 0 Å². The molecule has 0 aliphatic carbocycles. The van der Waals surface area contributed by atoms with Gasteiger partial charge >= 0.3 is 0 Å². The lowest BCUT2D eigenvalue weighted by Gasteiger charge is -2.16. The van der Waals surface area contributed by atoms with Crippen LogP contribution in [0.5, 0.6) is 0 Å². The van der Waals surface area contributed by atoms with Gasteiger partial charge in [0.2, 0.25) is 0 Å². The molecule has 0 saturated heterocycles. The molecule has 0 unspecified atom stereocenters. The van der Waals surface area contributed by atoms with E-state index >= 15 is 0 Å². The number of nitrogens with two attached hydrogens (primary N) is 1. The average molecular weight is 198 g/mol. The van der Waals surface area contributed by atoms with Gasteiger partial charge in [0.25, 0.3) is 0 Å². The number of hydrogen-bond donors (Lipinski definition) is 1. The Labute approximate surface area is 82.2 Å². The quantitative estimate of drug-likeness (QED) is 0.731. The molecule has 0 atom stereocenters. The van der Waals surface area contributed by atoms with Crippen molar-refractivity contribution < 1.29 is 4.39 Å². The number of benzene rings is 1.